The lowest BCUT2D eigenvalue weighted by Crippen LogP contribution is -2.48. The monoisotopic (exact) mass is 239 g/mol. The highest BCUT2D eigenvalue weighted by Gasteiger charge is 2.16. The molecule has 0 radical (unpaired) electrons. The SMILES string of the molecule is CCc1nc(C(=O)NCC2COCCN2)n[nH]1. The topological polar surface area (TPSA) is 91.9 Å². The lowest BCUT2D eigenvalue weighted by atomic mass is 10.3. The molecule has 1 aromatic heterocycles. The zero-order valence-electron chi connectivity index (χ0n) is 9.82. The Balaban J connectivity index is 1.80. The largest absolute Gasteiger partial charge is 0.378 e. The van der Waals surface area contributed by atoms with Crippen LogP contribution in [0.4, 0.5) is 0 Å². The van der Waals surface area contributed by atoms with Crippen LogP contribution in [0, 0.1) is 0 Å². The maximum atomic E-state index is 11.7. The van der Waals surface area contributed by atoms with Crippen LogP contribution in [0.15, 0.2) is 0 Å². The number of morpholine rings is 1. The Labute approximate surface area is 99.3 Å². The van der Waals surface area contributed by atoms with Gasteiger partial charge in [-0.15, -0.1) is 5.10 Å². The average molecular weight is 239 g/mol. The van der Waals surface area contributed by atoms with Crippen LogP contribution in [0.5, 0.6) is 0 Å². The molecule has 1 amide bonds. The minimum Gasteiger partial charge on any atom is -0.378 e. The van der Waals surface area contributed by atoms with Crippen LogP contribution in [0.1, 0.15) is 23.4 Å². The van der Waals surface area contributed by atoms with E-state index in [1.54, 1.807) is 0 Å². The number of nitrogens with zero attached hydrogens (tertiary/aromatic N) is 2. The van der Waals surface area contributed by atoms with Gasteiger partial charge in [-0.3, -0.25) is 9.89 Å². The number of carbonyl (C=O) groups excluding carboxylic acids is 1. The van der Waals surface area contributed by atoms with Crippen molar-refractivity contribution >= 4 is 5.91 Å². The summed E-state index contributed by atoms with van der Waals surface area (Å²) in [5, 5.41) is 12.6. The average Bonchev–Trinajstić information content (AvgIpc) is 2.86. The van der Waals surface area contributed by atoms with Crippen LogP contribution < -0.4 is 10.6 Å². The Bertz CT molecular complexity index is 373. The van der Waals surface area contributed by atoms with Crippen molar-refractivity contribution in [1.82, 2.24) is 25.8 Å². The highest BCUT2D eigenvalue weighted by atomic mass is 16.5. The van der Waals surface area contributed by atoms with Crippen LogP contribution in [-0.4, -0.2) is 53.4 Å². The van der Waals surface area contributed by atoms with Gasteiger partial charge in [-0.1, -0.05) is 6.92 Å². The van der Waals surface area contributed by atoms with Crippen LogP contribution >= 0.6 is 0 Å². The van der Waals surface area contributed by atoms with Crippen molar-refractivity contribution < 1.29 is 9.53 Å². The van der Waals surface area contributed by atoms with Crippen molar-refractivity contribution in [2.24, 2.45) is 0 Å². The van der Waals surface area contributed by atoms with E-state index in [2.05, 4.69) is 25.8 Å². The van der Waals surface area contributed by atoms with Gasteiger partial charge in [-0.25, -0.2) is 4.98 Å². The van der Waals surface area contributed by atoms with Crippen molar-refractivity contribution in [2.75, 3.05) is 26.3 Å². The van der Waals surface area contributed by atoms with Gasteiger partial charge in [0.15, 0.2) is 0 Å². The molecular formula is C10H17N5O2. The Morgan fingerprint density at radius 1 is 1.65 bits per heavy atom. The molecule has 7 heteroatoms. The quantitative estimate of drug-likeness (QED) is 0.632. The second kappa shape index (κ2) is 5.74. The third kappa shape index (κ3) is 3.24. The summed E-state index contributed by atoms with van der Waals surface area (Å²) >= 11 is 0. The second-order valence-electron chi connectivity index (χ2n) is 3.90. The molecular weight excluding hydrogens is 222 g/mol. The molecule has 94 valence electrons. The predicted octanol–water partition coefficient (Wildman–Crippen LogP) is -0.915. The van der Waals surface area contributed by atoms with Crippen molar-refractivity contribution in [3.05, 3.63) is 11.6 Å². The normalized spacial score (nSPS) is 20.2. The molecule has 2 rings (SSSR count). The van der Waals surface area contributed by atoms with E-state index in [0.717, 1.165) is 19.6 Å². The van der Waals surface area contributed by atoms with E-state index in [1.165, 1.54) is 0 Å². The van der Waals surface area contributed by atoms with Gasteiger partial charge in [-0.05, 0) is 0 Å². The maximum absolute atomic E-state index is 11.7. The molecule has 1 saturated heterocycles. The van der Waals surface area contributed by atoms with Crippen LogP contribution in [0.3, 0.4) is 0 Å². The van der Waals surface area contributed by atoms with Crippen LogP contribution in [0.2, 0.25) is 0 Å². The number of H-pyrrole nitrogens is 1. The number of aromatic nitrogens is 3. The van der Waals surface area contributed by atoms with Gasteiger partial charge in [0, 0.05) is 25.6 Å². The van der Waals surface area contributed by atoms with Gasteiger partial charge < -0.3 is 15.4 Å². The summed E-state index contributed by atoms with van der Waals surface area (Å²) in [7, 11) is 0. The first-order valence-corrected chi connectivity index (χ1v) is 5.80. The minimum absolute atomic E-state index is 0.164. The second-order valence-corrected chi connectivity index (χ2v) is 3.90. The summed E-state index contributed by atoms with van der Waals surface area (Å²) in [5.74, 6) is 0.654. The van der Waals surface area contributed by atoms with Crippen molar-refractivity contribution in [3.63, 3.8) is 0 Å². The van der Waals surface area contributed by atoms with Crippen molar-refractivity contribution in [2.45, 2.75) is 19.4 Å². The molecule has 7 nitrogen and oxygen atoms in total. The fourth-order valence-corrected chi connectivity index (χ4v) is 1.60. The van der Waals surface area contributed by atoms with E-state index >= 15 is 0 Å². The first-order chi connectivity index (χ1) is 8.29. The van der Waals surface area contributed by atoms with E-state index < -0.39 is 0 Å². The molecule has 2 heterocycles. The number of ether oxygens (including phenoxy) is 1. The number of nitrogens with one attached hydrogen (secondary N) is 3. The smallest absolute Gasteiger partial charge is 0.291 e. The summed E-state index contributed by atoms with van der Waals surface area (Å²) < 4.78 is 5.29. The van der Waals surface area contributed by atoms with E-state index in [1.807, 2.05) is 6.92 Å². The summed E-state index contributed by atoms with van der Waals surface area (Å²) in [4.78, 5) is 15.8. The van der Waals surface area contributed by atoms with E-state index in [4.69, 9.17) is 4.74 Å². The number of aromatic amines is 1. The van der Waals surface area contributed by atoms with Crippen molar-refractivity contribution in [3.8, 4) is 0 Å². The number of rotatable bonds is 4. The van der Waals surface area contributed by atoms with Gasteiger partial charge in [0.2, 0.25) is 5.82 Å². The highest BCUT2D eigenvalue weighted by molar-refractivity contribution is 5.90. The zero-order chi connectivity index (χ0) is 12.1. The fourth-order valence-electron chi connectivity index (χ4n) is 1.60. The first kappa shape index (κ1) is 12.0. The lowest BCUT2D eigenvalue weighted by molar-refractivity contribution is 0.0732. The Morgan fingerprint density at radius 2 is 2.53 bits per heavy atom. The maximum Gasteiger partial charge on any atom is 0.291 e. The van der Waals surface area contributed by atoms with E-state index in [-0.39, 0.29) is 17.8 Å². The number of hydrogen-bond donors (Lipinski definition) is 3. The summed E-state index contributed by atoms with van der Waals surface area (Å²) in [6, 6.07) is 0.164. The van der Waals surface area contributed by atoms with Gasteiger partial charge in [0.1, 0.15) is 5.82 Å². The molecule has 1 aliphatic rings. The number of carbonyl (C=O) groups is 1. The zero-order valence-corrected chi connectivity index (χ0v) is 9.82. The van der Waals surface area contributed by atoms with Gasteiger partial charge in [0.25, 0.3) is 5.91 Å². The van der Waals surface area contributed by atoms with E-state index in [0.29, 0.717) is 19.0 Å². The number of hydrogen-bond acceptors (Lipinski definition) is 5. The molecule has 1 fully saturated rings. The fraction of sp³-hybridized carbons (Fsp3) is 0.700. The first-order valence-electron chi connectivity index (χ1n) is 5.80. The van der Waals surface area contributed by atoms with Crippen molar-refractivity contribution in [1.29, 1.82) is 0 Å². The Kier molecular flexibility index (Phi) is 4.05. The molecule has 0 spiro atoms. The molecule has 0 aliphatic carbocycles. The number of aryl methyl sites for hydroxylation is 1. The molecule has 0 saturated carbocycles. The highest BCUT2D eigenvalue weighted by Crippen LogP contribution is 1.95. The Hall–Kier alpha value is -1.47. The summed E-state index contributed by atoms with van der Waals surface area (Å²) in [6.07, 6.45) is 0.734. The molecule has 0 aromatic carbocycles. The molecule has 1 atom stereocenters. The standard InChI is InChI=1S/C10H17N5O2/c1-2-8-13-9(15-14-8)10(16)12-5-7-6-17-4-3-11-7/h7,11H,2-6H2,1H3,(H,12,16)(H,13,14,15). The van der Waals surface area contributed by atoms with Gasteiger partial charge in [0.05, 0.1) is 13.2 Å². The summed E-state index contributed by atoms with van der Waals surface area (Å²) in [6.45, 7) is 4.64. The lowest BCUT2D eigenvalue weighted by Gasteiger charge is -2.23. The Morgan fingerprint density at radius 3 is 3.18 bits per heavy atom. The third-order valence-electron chi connectivity index (χ3n) is 2.58. The van der Waals surface area contributed by atoms with Crippen LogP contribution in [0.25, 0.3) is 0 Å². The third-order valence-corrected chi connectivity index (χ3v) is 2.58. The molecule has 1 aliphatic heterocycles. The van der Waals surface area contributed by atoms with E-state index in [9.17, 15) is 4.79 Å². The summed E-state index contributed by atoms with van der Waals surface area (Å²) in [5.41, 5.74) is 0. The van der Waals surface area contributed by atoms with Gasteiger partial charge in [-0.2, -0.15) is 0 Å². The molecule has 1 unspecified atom stereocenters. The van der Waals surface area contributed by atoms with Gasteiger partial charge >= 0.3 is 0 Å². The molecule has 1 aromatic rings. The minimum atomic E-state index is -0.256. The molecule has 3 N–H and O–H groups in total. The molecule has 0 bridgehead atoms. The number of amides is 1. The molecule has 17 heavy (non-hydrogen) atoms. The van der Waals surface area contributed by atoms with Crippen LogP contribution in [-0.2, 0) is 11.2 Å². The predicted molar refractivity (Wildman–Crippen MR) is 60.7 cm³/mol.